The largest absolute Gasteiger partial charge is 0.329 e. The predicted molar refractivity (Wildman–Crippen MR) is 232 cm³/mol. The van der Waals surface area contributed by atoms with Gasteiger partial charge >= 0.3 is 0 Å². The summed E-state index contributed by atoms with van der Waals surface area (Å²) in [7, 11) is 0. The second kappa shape index (κ2) is 16.3. The molecule has 56 heavy (non-hydrogen) atoms. The van der Waals surface area contributed by atoms with Crippen LogP contribution in [0.15, 0.2) is 182 Å². The normalized spacial score (nSPS) is 17.2. The van der Waals surface area contributed by atoms with Crippen molar-refractivity contribution in [1.29, 1.82) is 0 Å². The van der Waals surface area contributed by atoms with Crippen LogP contribution in [0.25, 0.3) is 0 Å². The van der Waals surface area contributed by atoms with Crippen molar-refractivity contribution in [2.45, 2.75) is 91.9 Å². The lowest BCUT2D eigenvalue weighted by atomic mass is 9.54. The van der Waals surface area contributed by atoms with Crippen LogP contribution in [0.4, 0.5) is 0 Å². The standard InChI is InChI=1S/C52H58N4/c53-41-50(54,48(37-21-7-22-38-48)55-51(42-25-9-1-10-26-42,43-27-11-2-12-28-43)44-29-13-3-14-30-44)49(39-23-8-24-40-49)56-52(45-31-15-4-16-32-45,46-33-17-5-18-34-46)47-35-19-6-20-36-47/h1-6,9-20,25-36,55-56H,7-8,21-24,37-41,53-54H2. The third kappa shape index (κ3) is 6.53. The van der Waals surface area contributed by atoms with Gasteiger partial charge in [0, 0.05) is 17.6 Å². The molecule has 0 atom stereocenters. The summed E-state index contributed by atoms with van der Waals surface area (Å²) in [6, 6.07) is 66.1. The summed E-state index contributed by atoms with van der Waals surface area (Å²) < 4.78 is 0. The highest BCUT2D eigenvalue weighted by atomic mass is 15.2. The van der Waals surface area contributed by atoms with Gasteiger partial charge in [0.2, 0.25) is 0 Å². The number of hydrogen-bond acceptors (Lipinski definition) is 4. The van der Waals surface area contributed by atoms with Gasteiger partial charge < -0.3 is 11.5 Å². The van der Waals surface area contributed by atoms with Gasteiger partial charge in [-0.05, 0) is 59.1 Å². The fourth-order valence-electron chi connectivity index (χ4n) is 10.8. The minimum absolute atomic E-state index is 0.329. The second-order valence-corrected chi connectivity index (χ2v) is 16.4. The summed E-state index contributed by atoms with van der Waals surface area (Å²) in [5.74, 6) is 0. The minimum Gasteiger partial charge on any atom is -0.329 e. The van der Waals surface area contributed by atoms with E-state index in [0.29, 0.717) is 6.54 Å². The van der Waals surface area contributed by atoms with Gasteiger partial charge in [-0.15, -0.1) is 0 Å². The van der Waals surface area contributed by atoms with Crippen LogP contribution < -0.4 is 22.1 Å². The summed E-state index contributed by atoms with van der Waals surface area (Å²) in [6.07, 6.45) is 10.4. The molecular formula is C52H58N4. The van der Waals surface area contributed by atoms with Crippen molar-refractivity contribution >= 4 is 0 Å². The summed E-state index contributed by atoms with van der Waals surface area (Å²) in [5, 5.41) is 9.21. The average molecular weight is 739 g/mol. The fraction of sp³-hybridized carbons (Fsp3) is 0.308. The average Bonchev–Trinajstić information content (AvgIpc) is 3.29. The van der Waals surface area contributed by atoms with Gasteiger partial charge in [0.05, 0.1) is 16.6 Å². The molecule has 0 bridgehead atoms. The molecule has 0 aliphatic heterocycles. The van der Waals surface area contributed by atoms with Gasteiger partial charge in [0.1, 0.15) is 0 Å². The van der Waals surface area contributed by atoms with Gasteiger partial charge in [0.25, 0.3) is 0 Å². The Hall–Kier alpha value is -4.84. The van der Waals surface area contributed by atoms with Crippen LogP contribution in [-0.2, 0) is 11.1 Å². The Morgan fingerprint density at radius 2 is 0.571 bits per heavy atom. The molecule has 6 aromatic carbocycles. The van der Waals surface area contributed by atoms with Gasteiger partial charge in [-0.1, -0.05) is 221 Å². The highest BCUT2D eigenvalue weighted by Crippen LogP contribution is 2.52. The van der Waals surface area contributed by atoms with E-state index < -0.39 is 27.7 Å². The smallest absolute Gasteiger partial charge is 0.0952 e. The summed E-state index contributed by atoms with van der Waals surface area (Å²) >= 11 is 0. The van der Waals surface area contributed by atoms with Crippen LogP contribution in [0.2, 0.25) is 0 Å². The molecule has 0 aromatic heterocycles. The molecule has 2 saturated carbocycles. The lowest BCUT2D eigenvalue weighted by Crippen LogP contribution is -2.86. The van der Waals surface area contributed by atoms with E-state index in [0.717, 1.165) is 51.4 Å². The van der Waals surface area contributed by atoms with Crippen LogP contribution >= 0.6 is 0 Å². The van der Waals surface area contributed by atoms with E-state index >= 15 is 0 Å². The van der Waals surface area contributed by atoms with E-state index in [9.17, 15) is 0 Å². The Morgan fingerprint density at radius 3 is 0.768 bits per heavy atom. The van der Waals surface area contributed by atoms with Gasteiger partial charge in [0.15, 0.2) is 0 Å². The molecule has 2 fully saturated rings. The van der Waals surface area contributed by atoms with Gasteiger partial charge in [-0.25, -0.2) is 0 Å². The molecule has 6 aromatic rings. The maximum absolute atomic E-state index is 8.55. The quantitative estimate of drug-likeness (QED) is 0.0890. The van der Waals surface area contributed by atoms with E-state index in [-0.39, 0.29) is 0 Å². The molecule has 4 heteroatoms. The van der Waals surface area contributed by atoms with E-state index in [1.165, 1.54) is 46.2 Å². The van der Waals surface area contributed by atoms with Crippen LogP contribution in [0.1, 0.15) is 97.6 Å². The maximum atomic E-state index is 8.55. The Balaban J connectivity index is 1.40. The van der Waals surface area contributed by atoms with Crippen molar-refractivity contribution in [3.05, 3.63) is 215 Å². The third-order valence-electron chi connectivity index (χ3n) is 13.5. The van der Waals surface area contributed by atoms with Gasteiger partial charge in [-0.2, -0.15) is 0 Å². The Morgan fingerprint density at radius 1 is 0.357 bits per heavy atom. The molecule has 286 valence electrons. The summed E-state index contributed by atoms with van der Waals surface area (Å²) in [6.45, 7) is 0.329. The molecule has 2 aliphatic rings. The first-order valence-corrected chi connectivity index (χ1v) is 20.9. The van der Waals surface area contributed by atoms with Crippen molar-refractivity contribution < 1.29 is 0 Å². The summed E-state index contributed by atoms with van der Waals surface area (Å²) in [4.78, 5) is 0. The fourth-order valence-corrected chi connectivity index (χ4v) is 10.8. The minimum atomic E-state index is -0.881. The first-order chi connectivity index (χ1) is 27.5. The highest BCUT2D eigenvalue weighted by molar-refractivity contribution is 5.53. The number of rotatable bonds is 13. The number of hydrogen-bond donors (Lipinski definition) is 4. The van der Waals surface area contributed by atoms with Crippen LogP contribution in [0, 0.1) is 0 Å². The van der Waals surface area contributed by atoms with E-state index in [4.69, 9.17) is 11.5 Å². The molecule has 0 spiro atoms. The number of benzene rings is 6. The van der Waals surface area contributed by atoms with E-state index in [1.807, 2.05) is 0 Å². The lowest BCUT2D eigenvalue weighted by molar-refractivity contribution is -0.00943. The van der Waals surface area contributed by atoms with Crippen LogP contribution in [-0.4, -0.2) is 23.2 Å². The Kier molecular flexibility index (Phi) is 11.1. The Labute approximate surface area is 334 Å². The third-order valence-corrected chi connectivity index (χ3v) is 13.5. The van der Waals surface area contributed by atoms with Crippen molar-refractivity contribution in [2.75, 3.05) is 6.54 Å². The zero-order valence-corrected chi connectivity index (χ0v) is 32.8. The summed E-state index contributed by atoms with van der Waals surface area (Å²) in [5.41, 5.74) is 19.7. The molecule has 0 unspecified atom stereocenters. The van der Waals surface area contributed by atoms with Crippen molar-refractivity contribution in [3.63, 3.8) is 0 Å². The van der Waals surface area contributed by atoms with Crippen LogP contribution in [0.3, 0.4) is 0 Å². The molecule has 0 heterocycles. The van der Waals surface area contributed by atoms with Crippen molar-refractivity contribution in [2.24, 2.45) is 11.5 Å². The second-order valence-electron chi connectivity index (χ2n) is 16.4. The van der Waals surface area contributed by atoms with Gasteiger partial charge in [-0.3, -0.25) is 10.6 Å². The van der Waals surface area contributed by atoms with E-state index in [1.54, 1.807) is 0 Å². The zero-order valence-electron chi connectivity index (χ0n) is 32.8. The maximum Gasteiger partial charge on any atom is 0.0952 e. The topological polar surface area (TPSA) is 76.1 Å². The predicted octanol–water partition coefficient (Wildman–Crippen LogP) is 10.2. The molecular weight excluding hydrogens is 681 g/mol. The first-order valence-electron chi connectivity index (χ1n) is 20.9. The molecule has 8 rings (SSSR count). The molecule has 4 nitrogen and oxygen atoms in total. The molecule has 0 radical (unpaired) electrons. The first kappa shape index (κ1) is 38.1. The van der Waals surface area contributed by atoms with Crippen molar-refractivity contribution in [3.8, 4) is 0 Å². The van der Waals surface area contributed by atoms with Crippen molar-refractivity contribution in [1.82, 2.24) is 10.6 Å². The monoisotopic (exact) mass is 738 g/mol. The number of nitrogens with one attached hydrogen (secondary N) is 2. The van der Waals surface area contributed by atoms with Crippen LogP contribution in [0.5, 0.6) is 0 Å². The Bertz CT molecular complexity index is 1750. The SMILES string of the molecule is NCC(N)(C1(NC(c2ccccc2)(c2ccccc2)c2ccccc2)CCCCC1)C1(NC(c2ccccc2)(c2ccccc2)c2ccccc2)CCCCC1. The molecule has 0 amide bonds. The highest BCUT2D eigenvalue weighted by Gasteiger charge is 2.64. The molecule has 2 aliphatic carbocycles. The molecule has 6 N–H and O–H groups in total. The lowest BCUT2D eigenvalue weighted by Gasteiger charge is -2.65. The number of nitrogens with two attached hydrogens (primary N) is 2. The zero-order chi connectivity index (χ0) is 38.4. The van der Waals surface area contributed by atoms with E-state index in [2.05, 4.69) is 193 Å². The molecule has 0 saturated heterocycles.